The number of thiazole rings is 2. The Kier molecular flexibility index (Phi) is 15.3. The highest BCUT2D eigenvalue weighted by Gasteiger charge is 2.56. The summed E-state index contributed by atoms with van der Waals surface area (Å²) < 4.78 is 68.1. The number of hydrogen-bond acceptors (Lipinski definition) is 23. The summed E-state index contributed by atoms with van der Waals surface area (Å²) in [5.41, 5.74) is 1.99. The molecule has 0 spiro atoms. The Labute approximate surface area is 478 Å². The molecule has 5 aliphatic rings. The van der Waals surface area contributed by atoms with Crippen LogP contribution in [0.15, 0.2) is 59.8 Å². The fraction of sp³-hybridized carbons (Fsp3) is 0.536. The molecule has 6 aromatic heterocycles. The van der Waals surface area contributed by atoms with Crippen molar-refractivity contribution in [3.05, 3.63) is 77.6 Å². The number of aryl methyl sites for hydroxylation is 2. The minimum absolute atomic E-state index is 0.0548. The van der Waals surface area contributed by atoms with E-state index in [1.807, 2.05) is 39.1 Å². The molecule has 8 unspecified atom stereocenters. The maximum Gasteiger partial charge on any atom is 0.224 e. The van der Waals surface area contributed by atoms with Gasteiger partial charge in [-0.3, -0.25) is 9.97 Å². The standard InChI is InChI=1S/C56H68N12O9S4/c1-5-76-25-24-59-53-61-31(4)42(52-63-45-39(78-52)18-22-57-43(45)33-14-15-33)50(66-53)68-56(21-17-34(48(56)70)28-80(72,73)6-2)77-38-26-37(38)44-46-40(19-23-58-44)79-51(64-46)41-30(3)62-54(60-27-32-12-13-32)65-49(41)67-55(71)20-16-35(47(55)69)29-81(74,75)36-10-8-7-9-11-36/h7-11,18-19,22-23,32-35,37-38,47-48,69-71H,5-6,12-17,20-21,24-29H2,1-4H3,(H2,59,61,66,68)(H2,60,62,65,67). The number of aliphatic hydroxyl groups is 3. The molecule has 5 saturated carbocycles. The van der Waals surface area contributed by atoms with Crippen molar-refractivity contribution in [3.8, 4) is 21.1 Å². The van der Waals surface area contributed by atoms with E-state index in [9.17, 15) is 32.2 Å². The van der Waals surface area contributed by atoms with Crippen LogP contribution in [0.25, 0.3) is 41.6 Å². The molecule has 21 nitrogen and oxygen atoms in total. The number of ether oxygens (including phenoxy) is 2. The molecule has 6 heterocycles. The number of nitrogens with zero attached hydrogens (tertiary/aromatic N) is 8. The molecule has 0 amide bonds. The van der Waals surface area contributed by atoms with Gasteiger partial charge in [-0.1, -0.05) is 25.1 Å². The summed E-state index contributed by atoms with van der Waals surface area (Å²) in [6.45, 7) is 9.37. The molecule has 0 radical (unpaired) electrons. The molecule has 81 heavy (non-hydrogen) atoms. The molecule has 1 aromatic carbocycles. The summed E-state index contributed by atoms with van der Waals surface area (Å²) in [4.78, 5) is 39.9. The predicted molar refractivity (Wildman–Crippen MR) is 312 cm³/mol. The number of benzene rings is 1. The fourth-order valence-corrected chi connectivity index (χ4v) is 16.6. The van der Waals surface area contributed by atoms with Crippen molar-refractivity contribution in [1.29, 1.82) is 0 Å². The number of aliphatic hydroxyl groups excluding tert-OH is 2. The number of aromatic nitrogens is 8. The predicted octanol–water partition coefficient (Wildman–Crippen LogP) is 7.61. The largest absolute Gasteiger partial charge is 0.388 e. The zero-order valence-electron chi connectivity index (χ0n) is 45.6. The van der Waals surface area contributed by atoms with E-state index in [0.29, 0.717) is 112 Å². The van der Waals surface area contributed by atoms with E-state index in [2.05, 4.69) is 21.3 Å². The topological polar surface area (TPSA) is 299 Å². The quantitative estimate of drug-likeness (QED) is 0.0226. The normalized spacial score (nSPS) is 25.7. The lowest BCUT2D eigenvalue weighted by Gasteiger charge is -2.36. The van der Waals surface area contributed by atoms with Crippen molar-refractivity contribution < 1.29 is 41.6 Å². The molecule has 12 rings (SSSR count). The van der Waals surface area contributed by atoms with Gasteiger partial charge in [-0.05, 0) is 109 Å². The molecule has 8 atom stereocenters. The van der Waals surface area contributed by atoms with Crippen LogP contribution in [0.3, 0.4) is 0 Å². The van der Waals surface area contributed by atoms with E-state index in [4.69, 9.17) is 49.3 Å². The van der Waals surface area contributed by atoms with E-state index >= 15 is 0 Å². The van der Waals surface area contributed by atoms with Crippen LogP contribution < -0.4 is 21.3 Å². The second-order valence-electron chi connectivity index (χ2n) is 22.4. The molecule has 5 aliphatic carbocycles. The Morgan fingerprint density at radius 2 is 1.32 bits per heavy atom. The van der Waals surface area contributed by atoms with Crippen LogP contribution in [0.2, 0.25) is 0 Å². The number of hydrogen-bond donors (Lipinski definition) is 7. The lowest BCUT2D eigenvalue weighted by Crippen LogP contribution is -2.51. The summed E-state index contributed by atoms with van der Waals surface area (Å²) in [6.07, 6.45) is 6.09. The third-order valence-electron chi connectivity index (χ3n) is 16.4. The highest BCUT2D eigenvalue weighted by atomic mass is 32.2. The minimum atomic E-state index is -3.77. The van der Waals surface area contributed by atoms with Crippen LogP contribution in [0.4, 0.5) is 23.5 Å². The first-order valence-electron chi connectivity index (χ1n) is 28.1. The third kappa shape index (κ3) is 11.6. The highest BCUT2D eigenvalue weighted by molar-refractivity contribution is 7.91. The summed E-state index contributed by atoms with van der Waals surface area (Å²) in [6, 6.07) is 12.0. The third-order valence-corrected chi connectivity index (χ3v) is 22.2. The van der Waals surface area contributed by atoms with Gasteiger partial charge in [0.2, 0.25) is 11.9 Å². The van der Waals surface area contributed by atoms with Crippen molar-refractivity contribution in [1.82, 2.24) is 39.9 Å². The van der Waals surface area contributed by atoms with Crippen molar-refractivity contribution >= 4 is 86.3 Å². The van der Waals surface area contributed by atoms with Crippen molar-refractivity contribution in [3.63, 3.8) is 0 Å². The highest BCUT2D eigenvalue weighted by Crippen LogP contribution is 2.53. The lowest BCUT2D eigenvalue weighted by molar-refractivity contribution is -0.106. The number of sulfone groups is 2. The molecule has 0 saturated heterocycles. The Morgan fingerprint density at radius 3 is 1.96 bits per heavy atom. The van der Waals surface area contributed by atoms with Crippen LogP contribution in [0.1, 0.15) is 106 Å². The van der Waals surface area contributed by atoms with Gasteiger partial charge in [0.05, 0.1) is 72.4 Å². The first-order chi connectivity index (χ1) is 38.9. The zero-order chi connectivity index (χ0) is 56.4. The SMILES string of the molecule is CCOCCNc1nc(C)c(-c2nc3c(C4CC4)nccc3s2)c(NC2(OC3CC3c3nccc4sc(-c5c(C)nc(NCC6CC6)nc5NC5(O)CCC(CS(=O)(=O)c6ccccc6)C5O)nc34)CCC(CS(=O)(=O)CC)C2O)n1. The summed E-state index contributed by atoms with van der Waals surface area (Å²) in [5.74, 6) is -0.165. The van der Waals surface area contributed by atoms with Crippen LogP contribution in [0.5, 0.6) is 0 Å². The molecular formula is C56H68N12O9S4. The van der Waals surface area contributed by atoms with Gasteiger partial charge in [0.15, 0.2) is 21.3 Å². The molecule has 0 bridgehead atoms. The van der Waals surface area contributed by atoms with Gasteiger partial charge in [-0.25, -0.2) is 36.8 Å². The molecule has 7 aromatic rings. The van der Waals surface area contributed by atoms with Gasteiger partial charge in [-0.15, -0.1) is 22.7 Å². The maximum atomic E-state index is 13.5. The summed E-state index contributed by atoms with van der Waals surface area (Å²) in [7, 11) is -7.28. The Bertz CT molecular complexity index is 3720. The Morgan fingerprint density at radius 1 is 0.704 bits per heavy atom. The number of nitrogens with one attached hydrogen (secondary N) is 4. The number of fused-ring (bicyclic) bond motifs is 2. The van der Waals surface area contributed by atoms with Gasteiger partial charge in [0.1, 0.15) is 54.7 Å². The van der Waals surface area contributed by atoms with E-state index in [0.717, 1.165) is 46.3 Å². The van der Waals surface area contributed by atoms with E-state index in [1.54, 1.807) is 31.3 Å². The molecular weight excluding hydrogens is 1110 g/mol. The van der Waals surface area contributed by atoms with Gasteiger partial charge < -0.3 is 46.1 Å². The molecule has 0 aliphatic heterocycles. The van der Waals surface area contributed by atoms with Gasteiger partial charge in [0.25, 0.3) is 0 Å². The fourth-order valence-electron chi connectivity index (χ4n) is 11.5. The van der Waals surface area contributed by atoms with E-state index in [1.165, 1.54) is 34.8 Å². The van der Waals surface area contributed by atoms with Crippen LogP contribution in [0, 0.1) is 31.6 Å². The Hall–Kier alpha value is -5.64. The smallest absolute Gasteiger partial charge is 0.224 e. The second kappa shape index (κ2) is 22.2. The second-order valence-corrected chi connectivity index (χ2v) is 28.9. The van der Waals surface area contributed by atoms with Gasteiger partial charge in [0, 0.05) is 61.5 Å². The maximum absolute atomic E-state index is 13.5. The van der Waals surface area contributed by atoms with E-state index in [-0.39, 0.29) is 53.2 Å². The molecule has 25 heteroatoms. The van der Waals surface area contributed by atoms with Crippen LogP contribution >= 0.6 is 22.7 Å². The lowest BCUT2D eigenvalue weighted by atomic mass is 10.0. The number of anilines is 4. The average molecular weight is 1180 g/mol. The summed E-state index contributed by atoms with van der Waals surface area (Å²) >= 11 is 2.91. The monoisotopic (exact) mass is 1180 g/mol. The first kappa shape index (κ1) is 55.9. The van der Waals surface area contributed by atoms with Crippen LogP contribution in [-0.2, 0) is 29.1 Å². The van der Waals surface area contributed by atoms with Crippen molar-refractivity contribution in [2.45, 2.75) is 132 Å². The molecule has 7 N–H and O–H groups in total. The van der Waals surface area contributed by atoms with Gasteiger partial charge in [-0.2, -0.15) is 9.97 Å². The van der Waals surface area contributed by atoms with Crippen molar-refractivity contribution in [2.24, 2.45) is 17.8 Å². The average Bonchev–Trinajstić information content (AvgIpc) is 4.05. The molecule has 5 fully saturated rings. The first-order valence-corrected chi connectivity index (χ1v) is 33.2. The Balaban J connectivity index is 0.866. The zero-order valence-corrected chi connectivity index (χ0v) is 48.9. The number of pyridine rings is 2. The van der Waals surface area contributed by atoms with Crippen LogP contribution in [-0.4, -0.2) is 145 Å². The minimum Gasteiger partial charge on any atom is -0.388 e. The van der Waals surface area contributed by atoms with E-state index < -0.39 is 61.3 Å². The summed E-state index contributed by atoms with van der Waals surface area (Å²) in [5, 5.41) is 51.2. The molecule has 430 valence electrons. The van der Waals surface area contributed by atoms with Gasteiger partial charge >= 0.3 is 0 Å². The van der Waals surface area contributed by atoms with Crippen molar-refractivity contribution in [2.75, 3.05) is 64.8 Å². The number of rotatable bonds is 24.